The van der Waals surface area contributed by atoms with Gasteiger partial charge in [0.2, 0.25) is 0 Å². The molecule has 4 heterocycles. The molecule has 2 aliphatic carbocycles. The van der Waals surface area contributed by atoms with Crippen molar-refractivity contribution in [1.82, 2.24) is 18.3 Å². The monoisotopic (exact) mass is 1740 g/mol. The Morgan fingerprint density at radius 3 is 0.416 bits per heavy atom. The molecule has 0 atom stereocenters. The molecule has 0 bridgehead atoms. The highest BCUT2D eigenvalue weighted by atomic mass is 15.0. The summed E-state index contributed by atoms with van der Waals surface area (Å²) in [7, 11) is 0. The van der Waals surface area contributed by atoms with Crippen molar-refractivity contribution in [3.8, 4) is 156 Å². The van der Waals surface area contributed by atoms with Crippen molar-refractivity contribution in [3.05, 3.63) is 532 Å². The number of rotatable bonds is 14. The fourth-order valence-corrected chi connectivity index (χ4v) is 23.3. The van der Waals surface area contributed by atoms with Gasteiger partial charge < -0.3 is 18.3 Å². The van der Waals surface area contributed by atoms with Crippen LogP contribution in [0.25, 0.3) is 243 Å². The van der Waals surface area contributed by atoms with Crippen LogP contribution in [0.2, 0.25) is 0 Å². The van der Waals surface area contributed by atoms with E-state index in [-0.39, 0.29) is 0 Å². The van der Waals surface area contributed by atoms with Gasteiger partial charge in [-0.15, -0.1) is 0 Å². The fourth-order valence-electron chi connectivity index (χ4n) is 23.3. The van der Waals surface area contributed by atoms with E-state index in [1.165, 1.54) is 132 Å². The average Bonchev–Trinajstić information content (AvgIpc) is 1.50. The first-order chi connectivity index (χ1) is 67.9. The molecule has 0 unspecified atom stereocenters. The van der Waals surface area contributed by atoms with Crippen LogP contribution in [0, 0.1) is 0 Å². The molecule has 0 aliphatic heterocycles. The van der Waals surface area contributed by atoms with Gasteiger partial charge in [-0.2, -0.15) is 0 Å². The molecular formula is C133H84N4. The molecule has 0 saturated heterocycles. The van der Waals surface area contributed by atoms with E-state index in [1.54, 1.807) is 0 Å². The van der Waals surface area contributed by atoms with E-state index in [9.17, 15) is 0 Å². The second-order valence-electron chi connectivity index (χ2n) is 37.0. The molecule has 0 N–H and O–H groups in total. The number of benzene rings is 22. The summed E-state index contributed by atoms with van der Waals surface area (Å²) in [6, 6.07) is 191. The van der Waals surface area contributed by atoms with Crippen LogP contribution < -0.4 is 0 Å². The Bertz CT molecular complexity index is 8770. The first-order valence-corrected chi connectivity index (χ1v) is 47.5. The molecule has 22 aromatic carbocycles. The maximum Gasteiger partial charge on any atom is 0.0726 e. The first kappa shape index (κ1) is 77.8. The Kier molecular flexibility index (Phi) is 17.7. The van der Waals surface area contributed by atoms with Crippen molar-refractivity contribution in [2.24, 2.45) is 0 Å². The van der Waals surface area contributed by atoms with Crippen LogP contribution in [0.1, 0.15) is 22.3 Å². The van der Waals surface area contributed by atoms with Crippen molar-refractivity contribution >= 4 is 87.2 Å². The number of aromatic nitrogens is 4. The standard InChI is InChI=1S/C133H84N4/c1-9-55-125-113(47-1)114-48-2-10-56-126(114)134(125)105-43-23-39-97(77-105)89-31-17-27-85(71-89)87-29-19-35-93(73-87)101-63-67-109-111-69-65-103(95-37-21-33-91(75-95)99-41-25-45-107(79-99)136-129-59-13-5-51-117(129)118-52-6-14-60-130(118)136)83-123(111)133(121(109)81-101)122-82-102(94-36-20-30-88(74-94)86-28-18-32-90(72-86)98-40-24-44-106(78-98)135-127-57-11-3-49-115(127)116-50-4-12-58-128(116)135)64-68-110(122)112-70-66-104(84-124(112)133)96-38-22-34-92(76-96)100-42-26-46-108(80-100)137-131-61-15-7-53-119(131)120-54-8-16-62-132(120)137/h1-84H. The van der Waals surface area contributed by atoms with Gasteiger partial charge in [-0.25, -0.2) is 0 Å². The Hall–Kier alpha value is -18.0. The van der Waals surface area contributed by atoms with E-state index in [4.69, 9.17) is 0 Å². The lowest BCUT2D eigenvalue weighted by Gasteiger charge is -2.32. The van der Waals surface area contributed by atoms with Gasteiger partial charge >= 0.3 is 0 Å². The van der Waals surface area contributed by atoms with Crippen LogP contribution in [0.3, 0.4) is 0 Å². The van der Waals surface area contributed by atoms with E-state index in [1.807, 2.05) is 0 Å². The van der Waals surface area contributed by atoms with Gasteiger partial charge in [0.1, 0.15) is 0 Å². The minimum atomic E-state index is -0.852. The summed E-state index contributed by atoms with van der Waals surface area (Å²) in [4.78, 5) is 0. The molecule has 4 heteroatoms. The summed E-state index contributed by atoms with van der Waals surface area (Å²) in [6.45, 7) is 0. The smallest absolute Gasteiger partial charge is 0.0726 e. The lowest BCUT2D eigenvalue weighted by Crippen LogP contribution is -2.26. The van der Waals surface area contributed by atoms with Gasteiger partial charge in [0, 0.05) is 65.8 Å². The van der Waals surface area contributed by atoms with Crippen LogP contribution in [0.4, 0.5) is 0 Å². The minimum Gasteiger partial charge on any atom is -0.309 e. The van der Waals surface area contributed by atoms with Crippen LogP contribution in [0.15, 0.2) is 510 Å². The number of hydrogen-bond donors (Lipinski definition) is 0. The molecule has 636 valence electrons. The first-order valence-electron chi connectivity index (χ1n) is 47.5. The van der Waals surface area contributed by atoms with E-state index in [0.29, 0.717) is 0 Å². The molecule has 0 radical (unpaired) electrons. The predicted molar refractivity (Wildman–Crippen MR) is 574 cm³/mol. The van der Waals surface area contributed by atoms with Crippen LogP contribution in [-0.2, 0) is 5.41 Å². The van der Waals surface area contributed by atoms with Gasteiger partial charge in [-0.1, -0.05) is 352 Å². The molecule has 2 aliphatic rings. The van der Waals surface area contributed by atoms with E-state index in [2.05, 4.69) is 528 Å². The number of hydrogen-bond acceptors (Lipinski definition) is 0. The molecular weight excluding hydrogens is 1650 g/mol. The van der Waals surface area contributed by atoms with E-state index in [0.717, 1.165) is 134 Å². The number of nitrogens with zero attached hydrogens (tertiary/aromatic N) is 4. The summed E-state index contributed by atoms with van der Waals surface area (Å²) in [5, 5.41) is 9.98. The summed E-state index contributed by atoms with van der Waals surface area (Å²) in [5.41, 5.74) is 46.1. The van der Waals surface area contributed by atoms with Gasteiger partial charge in [-0.3, -0.25) is 0 Å². The second-order valence-corrected chi connectivity index (χ2v) is 37.0. The molecule has 0 saturated carbocycles. The summed E-state index contributed by atoms with van der Waals surface area (Å²) in [5.74, 6) is 0. The van der Waals surface area contributed by atoms with Gasteiger partial charge in [-0.05, 0) is 314 Å². The topological polar surface area (TPSA) is 19.7 Å². The summed E-state index contributed by atoms with van der Waals surface area (Å²) < 4.78 is 9.67. The van der Waals surface area contributed by atoms with Crippen LogP contribution in [0.5, 0.6) is 0 Å². The molecule has 1 spiro atoms. The Balaban J connectivity index is 0.612. The molecule has 137 heavy (non-hydrogen) atoms. The number of para-hydroxylation sites is 8. The lowest BCUT2D eigenvalue weighted by atomic mass is 9.69. The van der Waals surface area contributed by atoms with Crippen molar-refractivity contribution in [2.45, 2.75) is 5.41 Å². The van der Waals surface area contributed by atoms with Crippen molar-refractivity contribution in [1.29, 1.82) is 0 Å². The van der Waals surface area contributed by atoms with Gasteiger partial charge in [0.05, 0.1) is 49.5 Å². The number of fused-ring (bicyclic) bond motifs is 22. The molecule has 0 fully saturated rings. The molecule has 4 aromatic heterocycles. The summed E-state index contributed by atoms with van der Waals surface area (Å²) in [6.07, 6.45) is 0. The second kappa shape index (κ2) is 31.1. The van der Waals surface area contributed by atoms with Crippen molar-refractivity contribution < 1.29 is 0 Å². The minimum absolute atomic E-state index is 0.852. The van der Waals surface area contributed by atoms with Gasteiger partial charge in [0.25, 0.3) is 0 Å². The van der Waals surface area contributed by atoms with Crippen molar-refractivity contribution in [3.63, 3.8) is 0 Å². The Labute approximate surface area is 793 Å². The Morgan fingerprint density at radius 1 is 0.109 bits per heavy atom. The molecule has 26 aromatic rings. The quantitative estimate of drug-likeness (QED) is 0.103. The maximum absolute atomic E-state index is 2.57. The zero-order valence-electron chi connectivity index (χ0n) is 74.8. The lowest BCUT2D eigenvalue weighted by molar-refractivity contribution is 0.795. The summed E-state index contributed by atoms with van der Waals surface area (Å²) >= 11 is 0. The third-order valence-corrected chi connectivity index (χ3v) is 29.5. The molecule has 0 amide bonds. The fraction of sp³-hybridized carbons (Fsp3) is 0.00752. The third kappa shape index (κ3) is 12.4. The normalized spacial score (nSPS) is 12.4. The van der Waals surface area contributed by atoms with E-state index < -0.39 is 5.41 Å². The highest BCUT2D eigenvalue weighted by Gasteiger charge is 2.52. The maximum atomic E-state index is 2.57. The third-order valence-electron chi connectivity index (χ3n) is 29.5. The van der Waals surface area contributed by atoms with Crippen LogP contribution >= 0.6 is 0 Å². The highest BCUT2D eigenvalue weighted by Crippen LogP contribution is 2.65. The Morgan fingerprint density at radius 2 is 0.248 bits per heavy atom. The zero-order valence-corrected chi connectivity index (χ0v) is 74.8. The SMILES string of the molecule is c1cc(-c2cccc(-c3ccc4c(c3)C3(c5cc(-c6cccc(-c7cccc(-c8cccc(-n9c%10ccccc%10c%10ccccc%109)c8)c7)c6)ccc5-c5ccc(-c6cccc(-c7cccc(-n8c9ccccc9c9ccccc98)c7)c6)cc53)c3cc(-c5cccc(-c6cccc(-n7c8ccccc8c8ccccc87)c6)c5)ccc3-4)c2)cc(-c2cccc(-n3c4ccccc4c4ccccc43)c2)c1. The zero-order chi connectivity index (χ0) is 89.9. The average molecular weight is 1740 g/mol. The van der Waals surface area contributed by atoms with Crippen molar-refractivity contribution in [2.75, 3.05) is 0 Å². The highest BCUT2D eigenvalue weighted by molar-refractivity contribution is 6.13. The van der Waals surface area contributed by atoms with Crippen LogP contribution in [-0.4, -0.2) is 18.3 Å². The largest absolute Gasteiger partial charge is 0.309 e. The molecule has 28 rings (SSSR count). The van der Waals surface area contributed by atoms with Gasteiger partial charge in [0.15, 0.2) is 0 Å². The predicted octanol–water partition coefficient (Wildman–Crippen LogP) is 35.1. The van der Waals surface area contributed by atoms with E-state index >= 15 is 0 Å². The molecule has 4 nitrogen and oxygen atoms in total.